The minimum absolute atomic E-state index is 0.0365. The lowest BCUT2D eigenvalue weighted by atomic mass is 10.1. The second kappa shape index (κ2) is 3.61. The summed E-state index contributed by atoms with van der Waals surface area (Å²) in [5, 5.41) is 8.70. The molecule has 15 heavy (non-hydrogen) atoms. The standard InChI is InChI=1S/C12H10O3/c1-8-2-4-9(5-3-8)10-6-7-11(15-10)12(13)14/h2-7H,1H3,(H,13,14). The fourth-order valence-electron chi connectivity index (χ4n) is 1.33. The third-order valence-electron chi connectivity index (χ3n) is 2.15. The van der Waals surface area contributed by atoms with Crippen molar-refractivity contribution < 1.29 is 14.3 Å². The zero-order valence-corrected chi connectivity index (χ0v) is 8.23. The molecule has 1 N–H and O–H groups in total. The van der Waals surface area contributed by atoms with Crippen molar-refractivity contribution in [1.29, 1.82) is 0 Å². The van der Waals surface area contributed by atoms with Gasteiger partial charge in [0.1, 0.15) is 5.76 Å². The molecule has 0 aliphatic carbocycles. The Bertz CT molecular complexity index is 480. The number of rotatable bonds is 2. The van der Waals surface area contributed by atoms with Crippen LogP contribution in [-0.2, 0) is 0 Å². The van der Waals surface area contributed by atoms with Crippen molar-refractivity contribution in [2.75, 3.05) is 0 Å². The van der Waals surface area contributed by atoms with Gasteiger partial charge in [0, 0.05) is 5.56 Å². The highest BCUT2D eigenvalue weighted by molar-refractivity contribution is 5.85. The first-order chi connectivity index (χ1) is 7.16. The molecule has 0 radical (unpaired) electrons. The molecule has 0 saturated carbocycles. The van der Waals surface area contributed by atoms with Crippen molar-refractivity contribution in [1.82, 2.24) is 0 Å². The molecule has 0 fully saturated rings. The Hall–Kier alpha value is -2.03. The number of aromatic carboxylic acids is 1. The van der Waals surface area contributed by atoms with Crippen molar-refractivity contribution in [3.8, 4) is 11.3 Å². The van der Waals surface area contributed by atoms with E-state index in [-0.39, 0.29) is 5.76 Å². The molecule has 3 heteroatoms. The quantitative estimate of drug-likeness (QED) is 0.814. The highest BCUT2D eigenvalue weighted by Gasteiger charge is 2.09. The molecule has 0 amide bonds. The summed E-state index contributed by atoms with van der Waals surface area (Å²) in [5.41, 5.74) is 2.04. The molecule has 0 unspecified atom stereocenters. The summed E-state index contributed by atoms with van der Waals surface area (Å²) in [6, 6.07) is 10.8. The van der Waals surface area contributed by atoms with Crippen LogP contribution in [0.25, 0.3) is 11.3 Å². The summed E-state index contributed by atoms with van der Waals surface area (Å²) in [6.07, 6.45) is 0. The van der Waals surface area contributed by atoms with E-state index in [2.05, 4.69) is 0 Å². The minimum atomic E-state index is -1.05. The maximum absolute atomic E-state index is 10.6. The van der Waals surface area contributed by atoms with Crippen LogP contribution in [0, 0.1) is 6.92 Å². The summed E-state index contributed by atoms with van der Waals surface area (Å²) >= 11 is 0. The second-order valence-electron chi connectivity index (χ2n) is 3.34. The van der Waals surface area contributed by atoms with Crippen molar-refractivity contribution in [2.45, 2.75) is 6.92 Å². The summed E-state index contributed by atoms with van der Waals surface area (Å²) < 4.78 is 5.17. The number of aryl methyl sites for hydroxylation is 1. The van der Waals surface area contributed by atoms with Gasteiger partial charge in [-0.05, 0) is 19.1 Å². The fourth-order valence-corrected chi connectivity index (χ4v) is 1.33. The Labute approximate surface area is 87.0 Å². The Balaban J connectivity index is 2.37. The molecule has 0 saturated heterocycles. The van der Waals surface area contributed by atoms with Crippen LogP contribution in [-0.4, -0.2) is 11.1 Å². The van der Waals surface area contributed by atoms with E-state index in [4.69, 9.17) is 9.52 Å². The van der Waals surface area contributed by atoms with Crippen molar-refractivity contribution >= 4 is 5.97 Å². The lowest BCUT2D eigenvalue weighted by Gasteiger charge is -1.96. The van der Waals surface area contributed by atoms with E-state index in [0.29, 0.717) is 5.76 Å². The number of carboxylic acid groups (broad SMARTS) is 1. The van der Waals surface area contributed by atoms with Crippen molar-refractivity contribution in [3.63, 3.8) is 0 Å². The number of furan rings is 1. The van der Waals surface area contributed by atoms with Gasteiger partial charge in [-0.15, -0.1) is 0 Å². The molecule has 1 heterocycles. The number of hydrogen-bond donors (Lipinski definition) is 1. The summed E-state index contributed by atoms with van der Waals surface area (Å²) in [4.78, 5) is 10.6. The zero-order valence-electron chi connectivity index (χ0n) is 8.23. The van der Waals surface area contributed by atoms with Gasteiger partial charge in [0.15, 0.2) is 0 Å². The van der Waals surface area contributed by atoms with Gasteiger partial charge in [0.2, 0.25) is 5.76 Å². The molecule has 0 aliphatic rings. The van der Waals surface area contributed by atoms with E-state index >= 15 is 0 Å². The Morgan fingerprint density at radius 1 is 1.13 bits per heavy atom. The monoisotopic (exact) mass is 202 g/mol. The maximum Gasteiger partial charge on any atom is 0.371 e. The molecule has 76 valence electrons. The average molecular weight is 202 g/mol. The van der Waals surface area contributed by atoms with E-state index < -0.39 is 5.97 Å². The second-order valence-corrected chi connectivity index (χ2v) is 3.34. The van der Waals surface area contributed by atoms with Gasteiger partial charge in [-0.25, -0.2) is 4.79 Å². The Kier molecular flexibility index (Phi) is 2.29. The lowest BCUT2D eigenvalue weighted by molar-refractivity contribution is 0.0663. The first-order valence-electron chi connectivity index (χ1n) is 4.57. The summed E-state index contributed by atoms with van der Waals surface area (Å²) in [6.45, 7) is 1.99. The van der Waals surface area contributed by atoms with Crippen molar-refractivity contribution in [3.05, 3.63) is 47.7 Å². The van der Waals surface area contributed by atoms with Crippen LogP contribution in [0.5, 0.6) is 0 Å². The van der Waals surface area contributed by atoms with Gasteiger partial charge in [-0.1, -0.05) is 29.8 Å². The molecule has 0 bridgehead atoms. The SMILES string of the molecule is Cc1ccc(-c2ccc(C(=O)O)o2)cc1. The van der Waals surface area contributed by atoms with Gasteiger partial charge >= 0.3 is 5.97 Å². The van der Waals surface area contributed by atoms with E-state index in [0.717, 1.165) is 11.1 Å². The highest BCUT2D eigenvalue weighted by Crippen LogP contribution is 2.22. The van der Waals surface area contributed by atoms with Crippen LogP contribution >= 0.6 is 0 Å². The predicted octanol–water partition coefficient (Wildman–Crippen LogP) is 2.95. The molecule has 1 aromatic carbocycles. The van der Waals surface area contributed by atoms with Crippen LogP contribution in [0.3, 0.4) is 0 Å². The topological polar surface area (TPSA) is 50.4 Å². The Morgan fingerprint density at radius 3 is 2.33 bits per heavy atom. The van der Waals surface area contributed by atoms with Crippen LogP contribution in [0.15, 0.2) is 40.8 Å². The van der Waals surface area contributed by atoms with E-state index in [1.165, 1.54) is 6.07 Å². The first kappa shape index (κ1) is 9.52. The fraction of sp³-hybridized carbons (Fsp3) is 0.0833. The highest BCUT2D eigenvalue weighted by atomic mass is 16.4. The molecule has 0 spiro atoms. The van der Waals surface area contributed by atoms with Gasteiger partial charge in [-0.2, -0.15) is 0 Å². The lowest BCUT2D eigenvalue weighted by Crippen LogP contribution is -1.91. The first-order valence-corrected chi connectivity index (χ1v) is 4.57. The third kappa shape index (κ3) is 1.91. The van der Waals surface area contributed by atoms with Crippen LogP contribution in [0.4, 0.5) is 0 Å². The maximum atomic E-state index is 10.6. The smallest absolute Gasteiger partial charge is 0.371 e. The minimum Gasteiger partial charge on any atom is -0.475 e. The van der Waals surface area contributed by atoms with E-state index in [9.17, 15) is 4.79 Å². The molecule has 0 atom stereocenters. The van der Waals surface area contributed by atoms with Crippen molar-refractivity contribution in [2.24, 2.45) is 0 Å². The van der Waals surface area contributed by atoms with Gasteiger partial charge < -0.3 is 9.52 Å². The van der Waals surface area contributed by atoms with E-state index in [1.54, 1.807) is 6.07 Å². The van der Waals surface area contributed by atoms with Gasteiger partial charge in [0.25, 0.3) is 0 Å². The largest absolute Gasteiger partial charge is 0.475 e. The molecular weight excluding hydrogens is 192 g/mol. The van der Waals surface area contributed by atoms with Gasteiger partial charge in [0.05, 0.1) is 0 Å². The number of hydrogen-bond acceptors (Lipinski definition) is 2. The predicted molar refractivity (Wildman–Crippen MR) is 55.8 cm³/mol. The summed E-state index contributed by atoms with van der Waals surface area (Å²) in [7, 11) is 0. The van der Waals surface area contributed by atoms with Crippen LogP contribution in [0.2, 0.25) is 0 Å². The van der Waals surface area contributed by atoms with Gasteiger partial charge in [-0.3, -0.25) is 0 Å². The third-order valence-corrected chi connectivity index (χ3v) is 2.15. The molecule has 1 aromatic heterocycles. The zero-order chi connectivity index (χ0) is 10.8. The summed E-state index contributed by atoms with van der Waals surface area (Å²) in [5.74, 6) is -0.508. The van der Waals surface area contributed by atoms with E-state index in [1.807, 2.05) is 31.2 Å². The molecule has 3 nitrogen and oxygen atoms in total. The molecular formula is C12H10O3. The molecule has 2 rings (SSSR count). The van der Waals surface area contributed by atoms with Crippen LogP contribution < -0.4 is 0 Å². The number of benzene rings is 1. The Morgan fingerprint density at radius 2 is 1.80 bits per heavy atom. The normalized spacial score (nSPS) is 10.2. The number of carboxylic acids is 1. The van der Waals surface area contributed by atoms with Crippen LogP contribution in [0.1, 0.15) is 16.1 Å². The average Bonchev–Trinajstić information content (AvgIpc) is 2.68. The number of carbonyl (C=O) groups is 1. The molecule has 0 aliphatic heterocycles. The molecule has 2 aromatic rings.